The van der Waals surface area contributed by atoms with E-state index in [2.05, 4.69) is 15.7 Å². The van der Waals surface area contributed by atoms with Crippen LogP contribution in [0.4, 0.5) is 4.39 Å². The highest BCUT2D eigenvalue weighted by Crippen LogP contribution is 2.19. The predicted octanol–water partition coefficient (Wildman–Crippen LogP) is 1.41. The number of nitrogens with zero attached hydrogens (tertiary/aromatic N) is 2. The third-order valence-electron chi connectivity index (χ3n) is 4.05. The van der Waals surface area contributed by atoms with Crippen LogP contribution in [0, 0.1) is 5.82 Å². The number of halogens is 2. The number of fused-ring (bicyclic) bond motifs is 1. The summed E-state index contributed by atoms with van der Waals surface area (Å²) in [6, 6.07) is 5.39. The quantitative estimate of drug-likeness (QED) is 0.742. The fourth-order valence-electron chi connectivity index (χ4n) is 2.77. The van der Waals surface area contributed by atoms with Gasteiger partial charge >= 0.3 is 0 Å². The molecule has 2 N–H and O–H groups in total. The maximum atomic E-state index is 13.2. The Hall–Kier alpha value is -2.45. The number of hydrogen-bond acceptors (Lipinski definition) is 4. The smallest absolute Gasteiger partial charge is 0.271 e. The lowest BCUT2D eigenvalue weighted by molar-refractivity contribution is 0.0921. The van der Waals surface area contributed by atoms with E-state index in [4.69, 9.17) is 16.3 Å². The lowest BCUT2D eigenvalue weighted by Gasteiger charge is -2.12. The molecular formula is C17H18ClFN4O3. The molecule has 7 nitrogen and oxygen atoms in total. The highest BCUT2D eigenvalue weighted by molar-refractivity contribution is 6.31. The van der Waals surface area contributed by atoms with Crippen molar-refractivity contribution in [3.05, 3.63) is 52.1 Å². The van der Waals surface area contributed by atoms with Crippen LogP contribution in [0.1, 0.15) is 26.5 Å². The van der Waals surface area contributed by atoms with Crippen molar-refractivity contribution in [2.75, 3.05) is 20.3 Å². The van der Waals surface area contributed by atoms with Crippen LogP contribution in [0.25, 0.3) is 0 Å². The van der Waals surface area contributed by atoms with Crippen LogP contribution >= 0.6 is 11.6 Å². The second kappa shape index (κ2) is 7.84. The highest BCUT2D eigenvalue weighted by atomic mass is 35.5. The molecule has 1 aliphatic heterocycles. The third kappa shape index (κ3) is 4.03. The molecule has 138 valence electrons. The topological polar surface area (TPSA) is 85.2 Å². The number of hydrogen-bond donors (Lipinski definition) is 2. The lowest BCUT2D eigenvalue weighted by atomic mass is 10.1. The van der Waals surface area contributed by atoms with Gasteiger partial charge in [0.1, 0.15) is 11.5 Å². The van der Waals surface area contributed by atoms with Gasteiger partial charge in [-0.3, -0.25) is 14.3 Å². The molecule has 1 atom stereocenters. The van der Waals surface area contributed by atoms with Crippen LogP contribution < -0.4 is 10.6 Å². The number of ether oxygens (including phenoxy) is 1. The fraction of sp³-hybridized carbons (Fsp3) is 0.353. The highest BCUT2D eigenvalue weighted by Gasteiger charge is 2.26. The van der Waals surface area contributed by atoms with Crippen molar-refractivity contribution in [2.45, 2.75) is 19.0 Å². The van der Waals surface area contributed by atoms with Gasteiger partial charge in [0.2, 0.25) is 0 Å². The number of carbonyl (C=O) groups is 2. The molecular weight excluding hydrogens is 363 g/mol. The minimum Gasteiger partial charge on any atom is -0.383 e. The lowest BCUT2D eigenvalue weighted by Crippen LogP contribution is -2.36. The van der Waals surface area contributed by atoms with Gasteiger partial charge in [-0.1, -0.05) is 11.6 Å². The van der Waals surface area contributed by atoms with E-state index in [0.29, 0.717) is 37.4 Å². The summed E-state index contributed by atoms with van der Waals surface area (Å²) in [5.41, 5.74) is 1.50. The van der Waals surface area contributed by atoms with E-state index in [0.717, 1.165) is 11.8 Å². The molecule has 2 amide bonds. The van der Waals surface area contributed by atoms with Crippen LogP contribution in [0.5, 0.6) is 0 Å². The molecule has 9 heteroatoms. The minimum atomic E-state index is -0.569. The first-order chi connectivity index (χ1) is 12.5. The van der Waals surface area contributed by atoms with E-state index < -0.39 is 5.82 Å². The van der Waals surface area contributed by atoms with Crippen molar-refractivity contribution in [2.24, 2.45) is 0 Å². The van der Waals surface area contributed by atoms with Gasteiger partial charge < -0.3 is 15.4 Å². The summed E-state index contributed by atoms with van der Waals surface area (Å²) in [5, 5.41) is 9.75. The Labute approximate surface area is 154 Å². The maximum absolute atomic E-state index is 13.2. The molecule has 2 aromatic rings. The van der Waals surface area contributed by atoms with Crippen LogP contribution in [0.15, 0.2) is 24.3 Å². The first-order valence-corrected chi connectivity index (χ1v) is 8.45. The zero-order valence-electron chi connectivity index (χ0n) is 14.1. The van der Waals surface area contributed by atoms with Crippen molar-refractivity contribution < 1.29 is 18.7 Å². The Kier molecular flexibility index (Phi) is 5.53. The standard InChI is InChI=1S/C17H18ClFN4O3/c1-26-5-4-20-17(25)15-8-12-7-11(9-23(12)22-15)21-16(24)10-2-3-14(19)13(18)6-10/h2-3,6,8,11H,4-5,7,9H2,1H3,(H,20,25)(H,21,24)/t11-/m0/s1. The van der Waals surface area contributed by atoms with Crippen molar-refractivity contribution >= 4 is 23.4 Å². The summed E-state index contributed by atoms with van der Waals surface area (Å²) in [4.78, 5) is 24.2. The van der Waals surface area contributed by atoms with E-state index in [9.17, 15) is 14.0 Å². The molecule has 3 rings (SSSR count). The average molecular weight is 381 g/mol. The number of carbonyl (C=O) groups excluding carboxylic acids is 2. The molecule has 0 aliphatic carbocycles. The summed E-state index contributed by atoms with van der Waals surface area (Å²) in [7, 11) is 1.56. The van der Waals surface area contributed by atoms with Gasteiger partial charge in [-0.25, -0.2) is 4.39 Å². The summed E-state index contributed by atoms with van der Waals surface area (Å²) >= 11 is 5.71. The Morgan fingerprint density at radius 1 is 1.38 bits per heavy atom. The Balaban J connectivity index is 1.57. The van der Waals surface area contributed by atoms with E-state index in [1.165, 1.54) is 12.1 Å². The van der Waals surface area contributed by atoms with E-state index in [-0.39, 0.29) is 22.9 Å². The fourth-order valence-corrected chi connectivity index (χ4v) is 2.96. The summed E-state index contributed by atoms with van der Waals surface area (Å²) in [6.07, 6.45) is 0.555. The molecule has 0 spiro atoms. The molecule has 26 heavy (non-hydrogen) atoms. The van der Waals surface area contributed by atoms with Crippen molar-refractivity contribution in [1.82, 2.24) is 20.4 Å². The zero-order chi connectivity index (χ0) is 18.7. The normalized spacial score (nSPS) is 15.6. The van der Waals surface area contributed by atoms with Crippen molar-refractivity contribution in [3.8, 4) is 0 Å². The molecule has 1 aromatic heterocycles. The largest absolute Gasteiger partial charge is 0.383 e. The minimum absolute atomic E-state index is 0.0962. The van der Waals surface area contributed by atoms with E-state index >= 15 is 0 Å². The van der Waals surface area contributed by atoms with Crippen molar-refractivity contribution in [3.63, 3.8) is 0 Å². The molecule has 2 heterocycles. The molecule has 1 aromatic carbocycles. The number of rotatable bonds is 6. The Morgan fingerprint density at radius 2 is 2.19 bits per heavy atom. The van der Waals surface area contributed by atoms with Crippen molar-refractivity contribution in [1.29, 1.82) is 0 Å². The SMILES string of the molecule is COCCNC(=O)c1cc2n(n1)C[C@@H](NC(=O)c1ccc(F)c(Cl)c1)C2. The van der Waals surface area contributed by atoms with Crippen LogP contribution in [0.2, 0.25) is 5.02 Å². The van der Waals surface area contributed by atoms with E-state index in [1.807, 2.05) is 0 Å². The molecule has 0 radical (unpaired) electrons. The van der Waals surface area contributed by atoms with Gasteiger partial charge in [0.05, 0.1) is 24.2 Å². The Morgan fingerprint density at radius 3 is 2.88 bits per heavy atom. The van der Waals surface area contributed by atoms with Gasteiger partial charge in [0.15, 0.2) is 0 Å². The van der Waals surface area contributed by atoms with Crippen LogP contribution in [0.3, 0.4) is 0 Å². The zero-order valence-corrected chi connectivity index (χ0v) is 14.8. The number of methoxy groups -OCH3 is 1. The molecule has 0 unspecified atom stereocenters. The maximum Gasteiger partial charge on any atom is 0.271 e. The summed E-state index contributed by atoms with van der Waals surface area (Å²) < 4.78 is 19.8. The van der Waals surface area contributed by atoms with Gasteiger partial charge in [-0.2, -0.15) is 5.10 Å². The third-order valence-corrected chi connectivity index (χ3v) is 4.34. The molecule has 0 saturated carbocycles. The molecule has 0 bridgehead atoms. The van der Waals surface area contributed by atoms with Gasteiger partial charge in [-0.15, -0.1) is 0 Å². The first-order valence-electron chi connectivity index (χ1n) is 8.07. The molecule has 1 aliphatic rings. The predicted molar refractivity (Wildman–Crippen MR) is 92.8 cm³/mol. The van der Waals surface area contributed by atoms with Gasteiger partial charge in [0.25, 0.3) is 11.8 Å². The number of nitrogens with one attached hydrogen (secondary N) is 2. The van der Waals surface area contributed by atoms with Gasteiger partial charge in [0, 0.05) is 31.3 Å². The number of benzene rings is 1. The molecule has 0 fully saturated rings. The van der Waals surface area contributed by atoms with Crippen LogP contribution in [-0.2, 0) is 17.7 Å². The second-order valence-corrected chi connectivity index (χ2v) is 6.36. The monoisotopic (exact) mass is 380 g/mol. The van der Waals surface area contributed by atoms with Crippen LogP contribution in [-0.4, -0.2) is 47.9 Å². The average Bonchev–Trinajstić information content (AvgIpc) is 3.16. The van der Waals surface area contributed by atoms with Gasteiger partial charge in [-0.05, 0) is 24.3 Å². The first kappa shape index (κ1) is 18.3. The van der Waals surface area contributed by atoms with E-state index in [1.54, 1.807) is 17.9 Å². The Bertz CT molecular complexity index is 816. The number of aromatic nitrogens is 2. The molecule has 0 saturated heterocycles. The number of amides is 2. The second-order valence-electron chi connectivity index (χ2n) is 5.96. The summed E-state index contributed by atoms with van der Waals surface area (Å²) in [5.74, 6) is -1.16. The summed E-state index contributed by atoms with van der Waals surface area (Å²) in [6.45, 7) is 1.30.